The lowest BCUT2D eigenvalue weighted by Gasteiger charge is -2.28. The molecule has 0 amide bonds. The van der Waals surface area contributed by atoms with Crippen LogP contribution in [0.25, 0.3) is 0 Å². The number of allylic oxidation sites excluding steroid dienone is 2. The Kier molecular flexibility index (Phi) is 6.85. The lowest BCUT2D eigenvalue weighted by molar-refractivity contribution is -0.139. The van der Waals surface area contributed by atoms with E-state index < -0.39 is 11.9 Å². The van der Waals surface area contributed by atoms with Crippen LogP contribution in [0.5, 0.6) is 5.75 Å². The molecule has 1 atom stereocenters. The summed E-state index contributed by atoms with van der Waals surface area (Å²) >= 11 is 0. The van der Waals surface area contributed by atoms with Gasteiger partial charge >= 0.3 is 5.97 Å². The number of rotatable bonds is 7. The summed E-state index contributed by atoms with van der Waals surface area (Å²) in [6.45, 7) is 4.76. The van der Waals surface area contributed by atoms with Crippen molar-refractivity contribution >= 4 is 5.97 Å². The van der Waals surface area contributed by atoms with Crippen LogP contribution in [0, 0.1) is 11.3 Å². The average Bonchev–Trinajstić information content (AvgIpc) is 2.61. The number of nitrogens with zero attached hydrogens (tertiary/aromatic N) is 2. The first kappa shape index (κ1) is 20.3. The molecule has 0 spiro atoms. The number of ether oxygens (including phenoxy) is 3. The van der Waals surface area contributed by atoms with Crippen molar-refractivity contribution in [2.75, 3.05) is 33.9 Å². The fourth-order valence-corrected chi connectivity index (χ4v) is 2.85. The summed E-state index contributed by atoms with van der Waals surface area (Å²) in [4.78, 5) is 14.6. The van der Waals surface area contributed by atoms with Crippen LogP contribution in [0.3, 0.4) is 0 Å². The minimum absolute atomic E-state index is 0.0175. The van der Waals surface area contributed by atoms with E-state index in [2.05, 4.69) is 6.07 Å². The molecule has 0 aliphatic carbocycles. The zero-order valence-electron chi connectivity index (χ0n) is 16.1. The average molecular weight is 371 g/mol. The molecule has 0 radical (unpaired) electrons. The number of carbonyl (C=O) groups excluding carboxylic acids is 1. The Hall–Kier alpha value is -2.98. The molecule has 1 unspecified atom stereocenters. The molecule has 0 bridgehead atoms. The van der Waals surface area contributed by atoms with Crippen LogP contribution in [0.1, 0.15) is 25.3 Å². The zero-order chi connectivity index (χ0) is 20.0. The maximum atomic E-state index is 12.6. The predicted octanol–water partition coefficient (Wildman–Crippen LogP) is 2.27. The summed E-state index contributed by atoms with van der Waals surface area (Å²) in [5, 5.41) is 9.66. The maximum absolute atomic E-state index is 12.6. The molecule has 7 heteroatoms. The van der Waals surface area contributed by atoms with E-state index >= 15 is 0 Å². The lowest BCUT2D eigenvalue weighted by Crippen LogP contribution is -2.26. The number of nitriles is 1. The smallest absolute Gasteiger partial charge is 0.338 e. The van der Waals surface area contributed by atoms with Crippen LogP contribution in [0.4, 0.5) is 0 Å². The standard InChI is InChI=1S/C20H25N3O4/c1-5-25-20(24)17-13(2)27-19(22)15(12-21)18(17)14-8-6-7-9-16(14)26-11-10-23(3)4/h6-9,18H,5,10-11,22H2,1-4H3. The molecule has 1 aromatic carbocycles. The Bertz CT molecular complexity index is 806. The molecule has 27 heavy (non-hydrogen) atoms. The molecule has 2 rings (SSSR count). The molecule has 0 aromatic heterocycles. The second-order valence-electron chi connectivity index (χ2n) is 6.30. The highest BCUT2D eigenvalue weighted by molar-refractivity contribution is 5.92. The van der Waals surface area contributed by atoms with E-state index in [1.54, 1.807) is 13.8 Å². The molecule has 0 saturated heterocycles. The van der Waals surface area contributed by atoms with E-state index in [0.717, 1.165) is 6.54 Å². The Balaban J connectivity index is 2.52. The Morgan fingerprint density at radius 2 is 2.07 bits per heavy atom. The molecule has 1 aliphatic rings. The second-order valence-corrected chi connectivity index (χ2v) is 6.30. The molecule has 144 valence electrons. The van der Waals surface area contributed by atoms with Gasteiger partial charge in [-0.1, -0.05) is 18.2 Å². The van der Waals surface area contributed by atoms with Gasteiger partial charge in [0.15, 0.2) is 0 Å². The van der Waals surface area contributed by atoms with E-state index in [9.17, 15) is 10.1 Å². The molecule has 0 saturated carbocycles. The molecule has 0 fully saturated rings. The van der Waals surface area contributed by atoms with Gasteiger partial charge in [-0.05, 0) is 34.0 Å². The highest BCUT2D eigenvalue weighted by Gasteiger charge is 2.37. The quantitative estimate of drug-likeness (QED) is 0.734. The van der Waals surface area contributed by atoms with Crippen molar-refractivity contribution < 1.29 is 19.0 Å². The summed E-state index contributed by atoms with van der Waals surface area (Å²) in [5.41, 5.74) is 7.02. The van der Waals surface area contributed by atoms with Crippen LogP contribution >= 0.6 is 0 Å². The van der Waals surface area contributed by atoms with Crippen LogP contribution in [0.15, 0.2) is 47.1 Å². The van der Waals surface area contributed by atoms with E-state index in [0.29, 0.717) is 23.7 Å². The van der Waals surface area contributed by atoms with Gasteiger partial charge in [0.1, 0.15) is 29.8 Å². The fraction of sp³-hybridized carbons (Fsp3) is 0.400. The third-order valence-electron chi connectivity index (χ3n) is 4.13. The van der Waals surface area contributed by atoms with Crippen LogP contribution in [-0.4, -0.2) is 44.7 Å². The summed E-state index contributed by atoms with van der Waals surface area (Å²) < 4.78 is 16.5. The van der Waals surface area contributed by atoms with Crippen molar-refractivity contribution in [1.29, 1.82) is 5.26 Å². The number of esters is 1. The summed E-state index contributed by atoms with van der Waals surface area (Å²) in [6.07, 6.45) is 0. The first-order valence-corrected chi connectivity index (χ1v) is 8.72. The SMILES string of the molecule is CCOC(=O)C1=C(C)OC(N)=C(C#N)C1c1ccccc1OCCN(C)C. The minimum atomic E-state index is -0.710. The maximum Gasteiger partial charge on any atom is 0.338 e. The third kappa shape index (κ3) is 4.60. The van der Waals surface area contributed by atoms with Gasteiger partial charge in [0.05, 0.1) is 18.1 Å². The van der Waals surface area contributed by atoms with Crippen molar-refractivity contribution in [1.82, 2.24) is 4.90 Å². The molecule has 1 aliphatic heterocycles. The molecule has 7 nitrogen and oxygen atoms in total. The first-order chi connectivity index (χ1) is 12.9. The van der Waals surface area contributed by atoms with Crippen molar-refractivity contribution in [3.8, 4) is 11.8 Å². The third-order valence-corrected chi connectivity index (χ3v) is 4.13. The summed E-state index contributed by atoms with van der Waals surface area (Å²) in [7, 11) is 3.91. The second kappa shape index (κ2) is 9.10. The van der Waals surface area contributed by atoms with Gasteiger partial charge in [0.25, 0.3) is 0 Å². The van der Waals surface area contributed by atoms with Crippen LogP contribution < -0.4 is 10.5 Å². The van der Waals surface area contributed by atoms with Crippen molar-refractivity contribution in [2.24, 2.45) is 5.73 Å². The first-order valence-electron chi connectivity index (χ1n) is 8.72. The highest BCUT2D eigenvalue weighted by Crippen LogP contribution is 2.42. The van der Waals surface area contributed by atoms with E-state index in [1.807, 2.05) is 43.3 Å². The monoisotopic (exact) mass is 371 g/mol. The Morgan fingerprint density at radius 1 is 1.37 bits per heavy atom. The predicted molar refractivity (Wildman–Crippen MR) is 100 cm³/mol. The summed E-state index contributed by atoms with van der Waals surface area (Å²) in [6, 6.07) is 9.37. The Labute approximate surface area is 159 Å². The van der Waals surface area contributed by atoms with Gasteiger partial charge in [0.2, 0.25) is 5.88 Å². The Morgan fingerprint density at radius 3 is 2.70 bits per heavy atom. The van der Waals surface area contributed by atoms with Crippen molar-refractivity contribution in [3.05, 3.63) is 52.6 Å². The number of hydrogen-bond acceptors (Lipinski definition) is 7. The van der Waals surface area contributed by atoms with Crippen LogP contribution in [0.2, 0.25) is 0 Å². The topological polar surface area (TPSA) is 97.8 Å². The van der Waals surface area contributed by atoms with Gasteiger partial charge in [0, 0.05) is 12.1 Å². The number of hydrogen-bond donors (Lipinski definition) is 1. The zero-order valence-corrected chi connectivity index (χ0v) is 16.1. The number of nitrogens with two attached hydrogens (primary N) is 1. The number of benzene rings is 1. The van der Waals surface area contributed by atoms with E-state index in [1.165, 1.54) is 0 Å². The molecule has 2 N–H and O–H groups in total. The molecular formula is C20H25N3O4. The van der Waals surface area contributed by atoms with Crippen molar-refractivity contribution in [3.63, 3.8) is 0 Å². The van der Waals surface area contributed by atoms with Gasteiger partial charge in [-0.2, -0.15) is 5.26 Å². The minimum Gasteiger partial charge on any atom is -0.492 e. The van der Waals surface area contributed by atoms with Crippen LogP contribution in [-0.2, 0) is 14.3 Å². The number of para-hydroxylation sites is 1. The van der Waals surface area contributed by atoms with Gasteiger partial charge in [-0.3, -0.25) is 0 Å². The summed E-state index contributed by atoms with van der Waals surface area (Å²) in [5.74, 6) is -0.364. The lowest BCUT2D eigenvalue weighted by atomic mass is 9.82. The number of likely N-dealkylation sites (N-methyl/N-ethyl adjacent to an activating group) is 1. The highest BCUT2D eigenvalue weighted by atomic mass is 16.5. The van der Waals surface area contributed by atoms with Gasteiger partial charge < -0.3 is 24.8 Å². The molecular weight excluding hydrogens is 346 g/mol. The van der Waals surface area contributed by atoms with Crippen molar-refractivity contribution in [2.45, 2.75) is 19.8 Å². The van der Waals surface area contributed by atoms with Gasteiger partial charge in [-0.15, -0.1) is 0 Å². The molecule has 1 heterocycles. The molecule has 1 aromatic rings. The number of carbonyl (C=O) groups is 1. The van der Waals surface area contributed by atoms with Gasteiger partial charge in [-0.25, -0.2) is 4.79 Å². The fourth-order valence-electron chi connectivity index (χ4n) is 2.85. The van der Waals surface area contributed by atoms with E-state index in [4.69, 9.17) is 19.9 Å². The normalized spacial score (nSPS) is 16.8. The van der Waals surface area contributed by atoms with E-state index in [-0.39, 0.29) is 23.6 Å². The largest absolute Gasteiger partial charge is 0.492 e.